The van der Waals surface area contributed by atoms with Crippen molar-refractivity contribution in [3.63, 3.8) is 0 Å². The van der Waals surface area contributed by atoms with Gasteiger partial charge in [-0.3, -0.25) is 9.59 Å². The average molecular weight is 364 g/mol. The van der Waals surface area contributed by atoms with Crippen LogP contribution in [0.4, 0.5) is 5.69 Å². The number of carbonyl (C=O) groups excluding carboxylic acids is 2. The number of benzene rings is 1. The number of amides is 1. The molecule has 1 aromatic rings. The molecule has 3 aliphatic carbocycles. The van der Waals surface area contributed by atoms with Crippen molar-refractivity contribution in [3.8, 4) is 0 Å². The van der Waals surface area contributed by atoms with Crippen LogP contribution in [0.15, 0.2) is 24.3 Å². The molecule has 3 aliphatic rings. The van der Waals surface area contributed by atoms with Crippen molar-refractivity contribution < 1.29 is 9.59 Å². The Hall–Kier alpha value is -1.16. The molecule has 1 N–H and O–H groups in total. The van der Waals surface area contributed by atoms with Gasteiger partial charge in [0.15, 0.2) is 5.78 Å². The minimum absolute atomic E-state index is 0.00467. The van der Waals surface area contributed by atoms with Crippen molar-refractivity contribution in [2.45, 2.75) is 45.4 Å². The third kappa shape index (κ3) is 1.67. The summed E-state index contributed by atoms with van der Waals surface area (Å²) in [6.45, 7) is 8.19. The van der Waals surface area contributed by atoms with E-state index in [0.717, 1.165) is 12.8 Å². The third-order valence-corrected chi connectivity index (χ3v) is 8.30. The minimum atomic E-state index is -0.367. The highest BCUT2D eigenvalue weighted by molar-refractivity contribution is 9.09. The van der Waals surface area contributed by atoms with E-state index in [0.29, 0.717) is 11.3 Å². The van der Waals surface area contributed by atoms with Crippen molar-refractivity contribution in [2.24, 2.45) is 16.2 Å². The second-order valence-electron chi connectivity index (χ2n) is 7.47. The molecule has 1 aromatic carbocycles. The van der Waals surface area contributed by atoms with Gasteiger partial charge in [-0.2, -0.15) is 0 Å². The molecular formula is C18H22BrNO2. The van der Waals surface area contributed by atoms with Gasteiger partial charge in [0.25, 0.3) is 0 Å². The fraction of sp³-hybridized carbons (Fsp3) is 0.556. The second kappa shape index (κ2) is 4.67. The van der Waals surface area contributed by atoms with Gasteiger partial charge in [-0.05, 0) is 42.7 Å². The summed E-state index contributed by atoms with van der Waals surface area (Å²) in [6, 6.07) is 7.16. The van der Waals surface area contributed by atoms with Crippen molar-refractivity contribution in [3.05, 3.63) is 29.8 Å². The van der Waals surface area contributed by atoms with Crippen LogP contribution in [0.1, 0.15) is 50.9 Å². The lowest BCUT2D eigenvalue weighted by atomic mass is 9.43. The van der Waals surface area contributed by atoms with Gasteiger partial charge in [0.2, 0.25) is 5.91 Å². The number of Topliss-reactive ketones (excluding diaryl/α,β-unsaturated/α-hetero) is 1. The van der Waals surface area contributed by atoms with E-state index in [1.165, 1.54) is 6.92 Å². The fourth-order valence-electron chi connectivity index (χ4n) is 4.52. The number of anilines is 1. The predicted octanol–water partition coefficient (Wildman–Crippen LogP) is 4.42. The van der Waals surface area contributed by atoms with Crippen molar-refractivity contribution in [2.75, 3.05) is 5.32 Å². The molecule has 3 fully saturated rings. The van der Waals surface area contributed by atoms with E-state index in [2.05, 4.69) is 42.0 Å². The molecule has 1 amide bonds. The Bertz CT molecular complexity index is 669. The van der Waals surface area contributed by atoms with Crippen molar-refractivity contribution >= 4 is 33.3 Å². The number of hydrogen-bond acceptors (Lipinski definition) is 2. The lowest BCUT2D eigenvalue weighted by molar-refractivity contribution is -0.156. The lowest BCUT2D eigenvalue weighted by Crippen LogP contribution is -2.68. The Kier molecular flexibility index (Phi) is 3.34. The molecule has 22 heavy (non-hydrogen) atoms. The zero-order chi connectivity index (χ0) is 16.3. The molecule has 3 nitrogen and oxygen atoms in total. The molecule has 0 spiro atoms. The van der Waals surface area contributed by atoms with E-state index < -0.39 is 0 Å². The Morgan fingerprint density at radius 2 is 1.91 bits per heavy atom. The van der Waals surface area contributed by atoms with E-state index in [-0.39, 0.29) is 32.8 Å². The molecule has 0 heterocycles. The number of halogens is 1. The molecule has 118 valence electrons. The summed E-state index contributed by atoms with van der Waals surface area (Å²) in [5.74, 6) is 0.0695. The molecule has 2 bridgehead atoms. The number of rotatable bonds is 3. The maximum absolute atomic E-state index is 13.0. The molecule has 3 saturated carbocycles. The van der Waals surface area contributed by atoms with Gasteiger partial charge >= 0.3 is 0 Å². The smallest absolute Gasteiger partial charge is 0.232 e. The topological polar surface area (TPSA) is 46.2 Å². The van der Waals surface area contributed by atoms with Gasteiger partial charge in [-0.25, -0.2) is 0 Å². The molecule has 0 aliphatic heterocycles. The van der Waals surface area contributed by atoms with Crippen LogP contribution in [0.3, 0.4) is 0 Å². The fourth-order valence-corrected chi connectivity index (χ4v) is 6.33. The lowest BCUT2D eigenvalue weighted by Gasteiger charge is -2.64. The number of nitrogens with one attached hydrogen (secondary N) is 1. The summed E-state index contributed by atoms with van der Waals surface area (Å²) in [5.41, 5.74) is 1.09. The Morgan fingerprint density at radius 1 is 1.23 bits per heavy atom. The molecular weight excluding hydrogens is 342 g/mol. The highest BCUT2D eigenvalue weighted by atomic mass is 79.9. The zero-order valence-corrected chi connectivity index (χ0v) is 15.1. The average Bonchev–Trinajstić information content (AvgIpc) is 2.87. The standard InChI is InChI=1S/C18H22BrNO2/c1-11(21)12-6-5-7-13(10-12)20-15(22)18-9-8-17(4,14(18)19)16(18,2)3/h5-7,10,14H,8-9H2,1-4H3,(H,20,22). The predicted molar refractivity (Wildman–Crippen MR) is 91.3 cm³/mol. The van der Waals surface area contributed by atoms with Gasteiger partial charge in [0, 0.05) is 16.1 Å². The Balaban J connectivity index is 1.87. The van der Waals surface area contributed by atoms with Crippen LogP contribution in [0.5, 0.6) is 0 Å². The van der Waals surface area contributed by atoms with Crippen LogP contribution < -0.4 is 5.32 Å². The van der Waals surface area contributed by atoms with Gasteiger partial charge < -0.3 is 5.32 Å². The maximum atomic E-state index is 13.0. The molecule has 0 saturated heterocycles. The van der Waals surface area contributed by atoms with Crippen LogP contribution in [0, 0.1) is 16.2 Å². The summed E-state index contributed by atoms with van der Waals surface area (Å²) in [7, 11) is 0. The normalized spacial score (nSPS) is 34.9. The molecule has 0 aromatic heterocycles. The van der Waals surface area contributed by atoms with Crippen LogP contribution in [-0.2, 0) is 4.79 Å². The first kappa shape index (κ1) is 15.7. The van der Waals surface area contributed by atoms with Crippen LogP contribution >= 0.6 is 15.9 Å². The maximum Gasteiger partial charge on any atom is 0.232 e. The van der Waals surface area contributed by atoms with E-state index in [9.17, 15) is 9.59 Å². The first-order chi connectivity index (χ1) is 10.2. The van der Waals surface area contributed by atoms with Gasteiger partial charge in [-0.15, -0.1) is 0 Å². The van der Waals surface area contributed by atoms with Gasteiger partial charge in [0.05, 0.1) is 5.41 Å². The summed E-state index contributed by atoms with van der Waals surface area (Å²) < 4.78 is 0. The van der Waals surface area contributed by atoms with Crippen LogP contribution in [-0.4, -0.2) is 16.5 Å². The minimum Gasteiger partial charge on any atom is -0.326 e. The van der Waals surface area contributed by atoms with Crippen molar-refractivity contribution in [1.29, 1.82) is 0 Å². The zero-order valence-electron chi connectivity index (χ0n) is 13.5. The number of alkyl halides is 1. The molecule has 4 rings (SSSR count). The summed E-state index contributed by atoms with van der Waals surface area (Å²) in [4.78, 5) is 24.7. The number of hydrogen-bond donors (Lipinski definition) is 1. The SMILES string of the molecule is CC(=O)c1cccc(NC(=O)C23CCC(C)(C2Br)C3(C)C)c1. The third-order valence-electron chi connectivity index (χ3n) is 6.51. The highest BCUT2D eigenvalue weighted by Gasteiger charge is 2.80. The Labute approximate surface area is 140 Å². The van der Waals surface area contributed by atoms with Gasteiger partial charge in [-0.1, -0.05) is 48.8 Å². The monoisotopic (exact) mass is 363 g/mol. The number of fused-ring (bicyclic) bond motifs is 1. The van der Waals surface area contributed by atoms with E-state index in [1.54, 1.807) is 18.2 Å². The second-order valence-corrected chi connectivity index (χ2v) is 8.38. The molecule has 3 atom stereocenters. The first-order valence-corrected chi connectivity index (χ1v) is 8.65. The Morgan fingerprint density at radius 3 is 2.41 bits per heavy atom. The quantitative estimate of drug-likeness (QED) is 0.638. The number of carbonyl (C=O) groups is 2. The van der Waals surface area contributed by atoms with Crippen molar-refractivity contribution in [1.82, 2.24) is 0 Å². The molecule has 0 radical (unpaired) electrons. The van der Waals surface area contributed by atoms with Crippen LogP contribution in [0.2, 0.25) is 0 Å². The van der Waals surface area contributed by atoms with E-state index in [4.69, 9.17) is 0 Å². The highest BCUT2D eigenvalue weighted by Crippen LogP contribution is 2.79. The summed E-state index contributed by atoms with van der Waals surface area (Å²) in [6.07, 6.45) is 1.97. The first-order valence-electron chi connectivity index (χ1n) is 7.73. The van der Waals surface area contributed by atoms with Gasteiger partial charge in [0.1, 0.15) is 0 Å². The molecule has 3 unspecified atom stereocenters. The van der Waals surface area contributed by atoms with Crippen LogP contribution in [0.25, 0.3) is 0 Å². The molecule has 4 heteroatoms. The largest absolute Gasteiger partial charge is 0.326 e. The van der Waals surface area contributed by atoms with E-state index in [1.807, 2.05) is 6.07 Å². The summed E-state index contributed by atoms with van der Waals surface area (Å²) >= 11 is 3.78. The van der Waals surface area contributed by atoms with E-state index >= 15 is 0 Å². The number of ketones is 1. The summed E-state index contributed by atoms with van der Waals surface area (Å²) in [5, 5.41) is 3.04.